The van der Waals surface area contributed by atoms with Gasteiger partial charge < -0.3 is 5.32 Å². The molecule has 0 aromatic carbocycles. The van der Waals surface area contributed by atoms with E-state index in [9.17, 15) is 9.59 Å². The number of aliphatic imine (C=N–C) groups is 1. The van der Waals surface area contributed by atoms with Crippen molar-refractivity contribution in [2.45, 2.75) is 46.1 Å². The summed E-state index contributed by atoms with van der Waals surface area (Å²) in [6, 6.07) is 0. The maximum atomic E-state index is 12.5. The van der Waals surface area contributed by atoms with Crippen LogP contribution in [0.3, 0.4) is 0 Å². The molecular formula is C13H18N4O2. The molecule has 0 fully saturated rings. The van der Waals surface area contributed by atoms with Gasteiger partial charge in [0.25, 0.3) is 5.56 Å². The van der Waals surface area contributed by atoms with Gasteiger partial charge in [-0.2, -0.15) is 0 Å². The third kappa shape index (κ3) is 2.30. The summed E-state index contributed by atoms with van der Waals surface area (Å²) in [7, 11) is 0. The van der Waals surface area contributed by atoms with E-state index < -0.39 is 0 Å². The number of nitrogens with one attached hydrogen (secondary N) is 1. The number of carbonyl (C=O) groups excluding carboxylic acids is 1. The first-order valence-electron chi connectivity index (χ1n) is 6.20. The van der Waals surface area contributed by atoms with E-state index in [2.05, 4.69) is 15.3 Å². The Morgan fingerprint density at radius 1 is 1.42 bits per heavy atom. The number of aromatic nitrogens is 2. The van der Waals surface area contributed by atoms with Crippen LogP contribution < -0.4 is 10.9 Å². The Balaban J connectivity index is 2.51. The summed E-state index contributed by atoms with van der Waals surface area (Å²) in [6.07, 6.45) is 1.51. The van der Waals surface area contributed by atoms with Gasteiger partial charge in [0.05, 0.1) is 5.56 Å². The predicted octanol–water partition coefficient (Wildman–Crippen LogP) is 1.28. The summed E-state index contributed by atoms with van der Waals surface area (Å²) in [5, 5.41) is 2.65. The van der Waals surface area contributed by atoms with Crippen LogP contribution in [0.5, 0.6) is 0 Å². The lowest BCUT2D eigenvalue weighted by atomic mass is 10.0. The van der Waals surface area contributed by atoms with E-state index in [1.54, 1.807) is 4.57 Å². The molecule has 6 heteroatoms. The summed E-state index contributed by atoms with van der Waals surface area (Å²) in [5.74, 6) is 0.448. The van der Waals surface area contributed by atoms with E-state index in [1.165, 1.54) is 13.3 Å². The van der Waals surface area contributed by atoms with Crippen molar-refractivity contribution in [3.8, 4) is 0 Å². The number of hydrogen-bond acceptors (Lipinski definition) is 4. The van der Waals surface area contributed by atoms with Crippen LogP contribution in [-0.2, 0) is 10.3 Å². The molecule has 1 amide bonds. The lowest BCUT2D eigenvalue weighted by Crippen LogP contribution is -2.37. The molecule has 0 aliphatic carbocycles. The Morgan fingerprint density at radius 2 is 2.05 bits per heavy atom. The first-order chi connectivity index (χ1) is 8.71. The van der Waals surface area contributed by atoms with Crippen LogP contribution in [-0.4, -0.2) is 21.3 Å². The fourth-order valence-corrected chi connectivity index (χ4v) is 2.07. The van der Waals surface area contributed by atoms with Gasteiger partial charge >= 0.3 is 0 Å². The number of carbonyl (C=O) groups is 1. The number of amides is 1. The normalized spacial score (nSPS) is 17.9. The molecule has 0 saturated carbocycles. The van der Waals surface area contributed by atoms with Gasteiger partial charge in [-0.15, -0.1) is 0 Å². The Labute approximate surface area is 111 Å². The van der Waals surface area contributed by atoms with Crippen LogP contribution in [0.2, 0.25) is 0 Å². The number of rotatable bonds is 0. The third-order valence-electron chi connectivity index (χ3n) is 3.08. The monoisotopic (exact) mass is 262 g/mol. The summed E-state index contributed by atoms with van der Waals surface area (Å²) in [4.78, 5) is 32.0. The summed E-state index contributed by atoms with van der Waals surface area (Å²) in [6.45, 7) is 9.09. The lowest BCUT2D eigenvalue weighted by Gasteiger charge is -2.22. The molecule has 1 aliphatic rings. The number of hydrogen-bond donors (Lipinski definition) is 1. The second-order valence-corrected chi connectivity index (χ2v) is 5.73. The van der Waals surface area contributed by atoms with Crippen LogP contribution in [0.15, 0.2) is 16.1 Å². The van der Waals surface area contributed by atoms with Crippen LogP contribution in [0.25, 0.3) is 0 Å². The van der Waals surface area contributed by atoms with Crippen molar-refractivity contribution in [3.05, 3.63) is 22.2 Å². The van der Waals surface area contributed by atoms with Gasteiger partial charge in [-0.3, -0.25) is 14.2 Å². The first-order valence-corrected chi connectivity index (χ1v) is 6.20. The van der Waals surface area contributed by atoms with Gasteiger partial charge in [-0.05, 0) is 20.8 Å². The molecule has 2 heterocycles. The van der Waals surface area contributed by atoms with Crippen molar-refractivity contribution in [2.24, 2.45) is 4.99 Å². The first kappa shape index (κ1) is 13.5. The minimum absolute atomic E-state index is 0.103. The molecule has 1 aromatic rings. The zero-order chi connectivity index (χ0) is 14.4. The summed E-state index contributed by atoms with van der Waals surface area (Å²) < 4.78 is 1.59. The molecule has 6 nitrogen and oxygen atoms in total. The molecule has 1 unspecified atom stereocenters. The van der Waals surface area contributed by atoms with E-state index in [-0.39, 0.29) is 22.9 Å². The maximum Gasteiger partial charge on any atom is 0.259 e. The Morgan fingerprint density at radius 3 is 2.58 bits per heavy atom. The van der Waals surface area contributed by atoms with Gasteiger partial charge in [0.1, 0.15) is 12.2 Å². The molecular weight excluding hydrogens is 244 g/mol. The van der Waals surface area contributed by atoms with E-state index in [0.717, 1.165) is 0 Å². The quantitative estimate of drug-likeness (QED) is 0.765. The summed E-state index contributed by atoms with van der Waals surface area (Å²) in [5.41, 5.74) is 0.102. The topological polar surface area (TPSA) is 76.3 Å². The van der Waals surface area contributed by atoms with Crippen molar-refractivity contribution in [1.29, 1.82) is 0 Å². The lowest BCUT2D eigenvalue weighted by molar-refractivity contribution is -0.117. The minimum atomic E-state index is -0.338. The Bertz CT molecular complexity index is 623. The average molecular weight is 262 g/mol. The maximum absolute atomic E-state index is 12.5. The molecule has 1 N–H and O–H groups in total. The highest BCUT2D eigenvalue weighted by atomic mass is 16.1. The van der Waals surface area contributed by atoms with E-state index in [0.29, 0.717) is 17.2 Å². The molecule has 0 saturated heterocycles. The molecule has 0 radical (unpaired) electrons. The highest BCUT2D eigenvalue weighted by Gasteiger charge is 2.30. The number of nitrogens with zero attached hydrogens (tertiary/aromatic N) is 3. The van der Waals surface area contributed by atoms with Gasteiger partial charge in [-0.25, -0.2) is 9.98 Å². The fraction of sp³-hybridized carbons (Fsp3) is 0.538. The largest absolute Gasteiger partial charge is 0.314 e. The van der Waals surface area contributed by atoms with Crippen LogP contribution in [0, 0.1) is 0 Å². The van der Waals surface area contributed by atoms with Gasteiger partial charge in [0.15, 0.2) is 5.82 Å². The highest BCUT2D eigenvalue weighted by Crippen LogP contribution is 2.30. The van der Waals surface area contributed by atoms with Crippen LogP contribution in [0.4, 0.5) is 5.82 Å². The zero-order valence-corrected chi connectivity index (χ0v) is 11.8. The van der Waals surface area contributed by atoms with Crippen molar-refractivity contribution < 1.29 is 4.79 Å². The molecule has 0 spiro atoms. The minimum Gasteiger partial charge on any atom is -0.314 e. The second-order valence-electron chi connectivity index (χ2n) is 5.73. The number of amidine groups is 1. The van der Waals surface area contributed by atoms with E-state index in [4.69, 9.17) is 0 Å². The Kier molecular flexibility index (Phi) is 3.04. The fourth-order valence-electron chi connectivity index (χ4n) is 2.07. The average Bonchev–Trinajstić information content (AvgIpc) is 2.54. The van der Waals surface area contributed by atoms with Crippen molar-refractivity contribution in [3.63, 3.8) is 0 Å². The highest BCUT2D eigenvalue weighted by molar-refractivity contribution is 6.04. The molecule has 2 rings (SSSR count). The Hall–Kier alpha value is -1.98. The van der Waals surface area contributed by atoms with Crippen LogP contribution in [0.1, 0.15) is 46.1 Å². The molecule has 0 bridgehead atoms. The van der Waals surface area contributed by atoms with Crippen LogP contribution >= 0.6 is 0 Å². The molecule has 1 aromatic heterocycles. The summed E-state index contributed by atoms with van der Waals surface area (Å²) >= 11 is 0. The van der Waals surface area contributed by atoms with E-state index in [1.807, 2.05) is 27.7 Å². The number of fused-ring (bicyclic) bond motifs is 1. The van der Waals surface area contributed by atoms with Crippen molar-refractivity contribution in [1.82, 2.24) is 14.9 Å². The molecule has 102 valence electrons. The second kappa shape index (κ2) is 4.29. The van der Waals surface area contributed by atoms with E-state index >= 15 is 0 Å². The SMILES string of the molecule is CC(=O)NC1=Nc2ncn(C(C)(C)C)c(=O)c2C1C. The molecule has 1 atom stereocenters. The molecule has 1 aliphatic heterocycles. The predicted molar refractivity (Wildman–Crippen MR) is 72.8 cm³/mol. The third-order valence-corrected chi connectivity index (χ3v) is 3.08. The standard InChI is InChI=1S/C13H18N4O2/c1-7-9-11(16-10(7)15-8(2)18)14-6-17(12(9)19)13(3,4)5/h6-7H,1-5H3,(H,15,16,18). The van der Waals surface area contributed by atoms with Gasteiger partial charge in [-0.1, -0.05) is 6.92 Å². The smallest absolute Gasteiger partial charge is 0.259 e. The van der Waals surface area contributed by atoms with Gasteiger partial charge in [0.2, 0.25) is 5.91 Å². The van der Waals surface area contributed by atoms with Crippen molar-refractivity contribution >= 4 is 17.6 Å². The zero-order valence-electron chi connectivity index (χ0n) is 11.8. The molecule has 19 heavy (non-hydrogen) atoms. The van der Waals surface area contributed by atoms with Gasteiger partial charge in [0, 0.05) is 18.4 Å². The van der Waals surface area contributed by atoms with Crippen molar-refractivity contribution in [2.75, 3.05) is 0 Å².